The van der Waals surface area contributed by atoms with Gasteiger partial charge in [-0.15, -0.1) is 0 Å². The average molecular weight is 372 g/mol. The molecule has 2 aromatic carbocycles. The van der Waals surface area contributed by atoms with E-state index in [1.54, 1.807) is 0 Å². The number of nitrogens with zero attached hydrogens (tertiary/aromatic N) is 1. The normalized spacial score (nSPS) is 16.1. The summed E-state index contributed by atoms with van der Waals surface area (Å²) in [6.07, 6.45) is -0.0173. The number of carbonyl (C=O) groups is 2. The van der Waals surface area contributed by atoms with Gasteiger partial charge in [-0.05, 0) is 41.8 Å². The van der Waals surface area contributed by atoms with Crippen LogP contribution in [0.3, 0.4) is 0 Å². The standard InChI is InChI=1S/C19H20N2O4S/c1-13(2)16-5-3-4-6-17(16)20-19(23)14-7-9-15(10-8-14)21-18(22)11-12-26(21,24)25/h3-10,13H,11-12H2,1-2H3,(H,20,23). The van der Waals surface area contributed by atoms with Gasteiger partial charge in [-0.3, -0.25) is 9.59 Å². The molecule has 0 bridgehead atoms. The number of rotatable bonds is 4. The molecule has 0 radical (unpaired) electrons. The van der Waals surface area contributed by atoms with Crippen molar-refractivity contribution in [3.05, 3.63) is 59.7 Å². The largest absolute Gasteiger partial charge is 0.322 e. The van der Waals surface area contributed by atoms with Gasteiger partial charge in [0.05, 0.1) is 11.4 Å². The maximum absolute atomic E-state index is 12.5. The lowest BCUT2D eigenvalue weighted by Gasteiger charge is -2.16. The van der Waals surface area contributed by atoms with Crippen LogP contribution in [0.4, 0.5) is 11.4 Å². The molecule has 0 atom stereocenters. The molecule has 0 aromatic heterocycles. The lowest BCUT2D eigenvalue weighted by atomic mass is 10.0. The van der Waals surface area contributed by atoms with Crippen LogP contribution in [-0.2, 0) is 14.8 Å². The van der Waals surface area contributed by atoms with Crippen molar-refractivity contribution >= 4 is 33.2 Å². The predicted octanol–water partition coefficient (Wildman–Crippen LogP) is 3.13. The van der Waals surface area contributed by atoms with E-state index >= 15 is 0 Å². The van der Waals surface area contributed by atoms with E-state index in [-0.39, 0.29) is 29.7 Å². The molecule has 0 spiro atoms. The molecule has 1 fully saturated rings. The van der Waals surface area contributed by atoms with E-state index in [9.17, 15) is 18.0 Å². The topological polar surface area (TPSA) is 83.6 Å². The summed E-state index contributed by atoms with van der Waals surface area (Å²) in [4.78, 5) is 24.3. The Bertz CT molecular complexity index is 950. The van der Waals surface area contributed by atoms with Crippen LogP contribution >= 0.6 is 0 Å². The van der Waals surface area contributed by atoms with Gasteiger partial charge in [0.15, 0.2) is 0 Å². The Labute approximate surface area is 152 Å². The maximum atomic E-state index is 12.5. The van der Waals surface area contributed by atoms with Crippen LogP contribution in [0.25, 0.3) is 0 Å². The van der Waals surface area contributed by atoms with Crippen molar-refractivity contribution in [1.82, 2.24) is 0 Å². The molecule has 6 nitrogen and oxygen atoms in total. The molecule has 1 aliphatic heterocycles. The van der Waals surface area contributed by atoms with Gasteiger partial charge >= 0.3 is 0 Å². The van der Waals surface area contributed by atoms with Crippen molar-refractivity contribution in [2.24, 2.45) is 0 Å². The van der Waals surface area contributed by atoms with Gasteiger partial charge in [0.2, 0.25) is 15.9 Å². The Morgan fingerprint density at radius 2 is 1.73 bits per heavy atom. The third kappa shape index (κ3) is 3.48. The number of hydrogen-bond donors (Lipinski definition) is 1. The third-order valence-corrected chi connectivity index (χ3v) is 5.96. The van der Waals surface area contributed by atoms with E-state index in [2.05, 4.69) is 5.32 Å². The molecule has 2 aromatic rings. The fourth-order valence-electron chi connectivity index (χ4n) is 2.93. The second-order valence-corrected chi connectivity index (χ2v) is 8.40. The highest BCUT2D eigenvalue weighted by Crippen LogP contribution is 2.27. The number of anilines is 2. The number of nitrogens with one attached hydrogen (secondary N) is 1. The van der Waals surface area contributed by atoms with E-state index in [0.29, 0.717) is 5.56 Å². The Hall–Kier alpha value is -2.67. The quantitative estimate of drug-likeness (QED) is 0.894. The predicted molar refractivity (Wildman–Crippen MR) is 101 cm³/mol. The lowest BCUT2D eigenvalue weighted by molar-refractivity contribution is -0.116. The second kappa shape index (κ2) is 6.92. The SMILES string of the molecule is CC(C)c1ccccc1NC(=O)c1ccc(N2C(=O)CCS2(=O)=O)cc1. The van der Waals surface area contributed by atoms with Crippen molar-refractivity contribution in [1.29, 1.82) is 0 Å². The van der Waals surface area contributed by atoms with Gasteiger partial charge in [0, 0.05) is 17.7 Å². The number of para-hydroxylation sites is 1. The first-order chi connectivity index (χ1) is 12.3. The summed E-state index contributed by atoms with van der Waals surface area (Å²) in [5.41, 5.74) is 2.42. The molecular weight excluding hydrogens is 352 g/mol. The Balaban J connectivity index is 1.81. The summed E-state index contributed by atoms with van der Waals surface area (Å²) in [6.45, 7) is 4.10. The molecule has 1 N–H and O–H groups in total. The minimum Gasteiger partial charge on any atom is -0.322 e. The van der Waals surface area contributed by atoms with Crippen molar-refractivity contribution in [2.45, 2.75) is 26.2 Å². The van der Waals surface area contributed by atoms with Crippen molar-refractivity contribution in [3.63, 3.8) is 0 Å². The summed E-state index contributed by atoms with van der Waals surface area (Å²) >= 11 is 0. The van der Waals surface area contributed by atoms with Gasteiger partial charge in [-0.25, -0.2) is 12.7 Å². The Morgan fingerprint density at radius 1 is 1.08 bits per heavy atom. The number of sulfonamides is 1. The first-order valence-corrected chi connectivity index (χ1v) is 9.96. The lowest BCUT2D eigenvalue weighted by Crippen LogP contribution is -2.29. The zero-order valence-electron chi connectivity index (χ0n) is 14.6. The van der Waals surface area contributed by atoms with Crippen molar-refractivity contribution < 1.29 is 18.0 Å². The van der Waals surface area contributed by atoms with Crippen LogP contribution in [-0.4, -0.2) is 26.0 Å². The molecule has 26 heavy (non-hydrogen) atoms. The summed E-state index contributed by atoms with van der Waals surface area (Å²) in [5.74, 6) is -0.659. The highest BCUT2D eigenvalue weighted by atomic mass is 32.2. The van der Waals surface area contributed by atoms with E-state index < -0.39 is 15.9 Å². The summed E-state index contributed by atoms with van der Waals surface area (Å²) in [6, 6.07) is 13.6. The van der Waals surface area contributed by atoms with E-state index in [1.807, 2.05) is 38.1 Å². The first kappa shape index (κ1) is 18.1. The minimum absolute atomic E-state index is 0.0173. The van der Waals surface area contributed by atoms with Gasteiger partial charge < -0.3 is 5.32 Å². The number of carbonyl (C=O) groups excluding carboxylic acids is 2. The molecule has 1 saturated heterocycles. The maximum Gasteiger partial charge on any atom is 0.255 e. The van der Waals surface area contributed by atoms with Crippen LogP contribution in [0.15, 0.2) is 48.5 Å². The molecule has 1 heterocycles. The highest BCUT2D eigenvalue weighted by molar-refractivity contribution is 7.94. The molecule has 0 saturated carbocycles. The molecule has 2 amide bonds. The molecule has 7 heteroatoms. The molecule has 1 aliphatic rings. The van der Waals surface area contributed by atoms with E-state index in [4.69, 9.17) is 0 Å². The van der Waals surface area contributed by atoms with Gasteiger partial charge in [0.25, 0.3) is 5.91 Å². The second-order valence-electron chi connectivity index (χ2n) is 6.47. The van der Waals surface area contributed by atoms with Crippen LogP contribution in [0.1, 0.15) is 42.1 Å². The zero-order chi connectivity index (χ0) is 18.9. The molecule has 0 unspecified atom stereocenters. The van der Waals surface area contributed by atoms with Crippen LogP contribution < -0.4 is 9.62 Å². The smallest absolute Gasteiger partial charge is 0.255 e. The van der Waals surface area contributed by atoms with E-state index in [0.717, 1.165) is 15.6 Å². The summed E-state index contributed by atoms with van der Waals surface area (Å²) in [5, 5.41) is 2.88. The van der Waals surface area contributed by atoms with Crippen LogP contribution in [0.5, 0.6) is 0 Å². The van der Waals surface area contributed by atoms with Gasteiger partial charge in [-0.1, -0.05) is 32.0 Å². The number of hydrogen-bond acceptors (Lipinski definition) is 4. The minimum atomic E-state index is -3.60. The Morgan fingerprint density at radius 3 is 2.31 bits per heavy atom. The molecule has 136 valence electrons. The molecular formula is C19H20N2O4S. The molecule has 0 aliphatic carbocycles. The fraction of sp³-hybridized carbons (Fsp3) is 0.263. The first-order valence-electron chi connectivity index (χ1n) is 8.36. The van der Waals surface area contributed by atoms with Crippen LogP contribution in [0, 0.1) is 0 Å². The fourth-order valence-corrected chi connectivity index (χ4v) is 4.39. The van der Waals surface area contributed by atoms with Gasteiger partial charge in [0.1, 0.15) is 0 Å². The summed E-state index contributed by atoms with van der Waals surface area (Å²) in [7, 11) is -3.60. The highest BCUT2D eigenvalue weighted by Gasteiger charge is 2.36. The third-order valence-electron chi connectivity index (χ3n) is 4.27. The number of benzene rings is 2. The average Bonchev–Trinajstić information content (AvgIpc) is 2.88. The zero-order valence-corrected chi connectivity index (χ0v) is 15.4. The molecule has 3 rings (SSSR count). The van der Waals surface area contributed by atoms with Gasteiger partial charge in [-0.2, -0.15) is 0 Å². The van der Waals surface area contributed by atoms with E-state index in [1.165, 1.54) is 24.3 Å². The van der Waals surface area contributed by atoms with Crippen LogP contribution in [0.2, 0.25) is 0 Å². The monoisotopic (exact) mass is 372 g/mol. The number of amides is 2. The Kier molecular flexibility index (Phi) is 4.82. The van der Waals surface area contributed by atoms with Crippen molar-refractivity contribution in [3.8, 4) is 0 Å². The van der Waals surface area contributed by atoms with Crippen molar-refractivity contribution in [2.75, 3.05) is 15.4 Å². The summed E-state index contributed by atoms with van der Waals surface area (Å²) < 4.78 is 24.7.